The average molecular weight is 182 g/mol. The van der Waals surface area contributed by atoms with E-state index in [2.05, 4.69) is 5.32 Å². The standard InChI is InChI=1S/C9H14N2O2/c10-4-3-9(12)11-5-6-13-7-8-1-2-8/h8H,1-3,5-7H2,(H,11,12). The minimum atomic E-state index is -0.225. The van der Waals surface area contributed by atoms with Gasteiger partial charge in [-0.2, -0.15) is 5.26 Å². The number of ether oxygens (including phenoxy) is 1. The summed E-state index contributed by atoms with van der Waals surface area (Å²) in [4.78, 5) is 10.8. The molecule has 0 spiro atoms. The Bertz CT molecular complexity index is 206. The number of nitrogens with zero attached hydrogens (tertiary/aromatic N) is 1. The molecule has 4 heteroatoms. The van der Waals surface area contributed by atoms with Crippen LogP contribution in [0.25, 0.3) is 0 Å². The minimum absolute atomic E-state index is 0.0668. The molecule has 0 heterocycles. The number of carbonyl (C=O) groups excluding carboxylic acids is 1. The fourth-order valence-corrected chi connectivity index (χ4v) is 0.931. The third-order valence-corrected chi connectivity index (χ3v) is 1.86. The van der Waals surface area contributed by atoms with Crippen LogP contribution in [0.2, 0.25) is 0 Å². The van der Waals surface area contributed by atoms with Crippen LogP contribution in [-0.2, 0) is 9.53 Å². The zero-order valence-electron chi connectivity index (χ0n) is 7.58. The molecule has 4 nitrogen and oxygen atoms in total. The van der Waals surface area contributed by atoms with Gasteiger partial charge in [-0.15, -0.1) is 0 Å². The summed E-state index contributed by atoms with van der Waals surface area (Å²) in [7, 11) is 0. The molecule has 1 amide bonds. The largest absolute Gasteiger partial charge is 0.379 e. The second-order valence-electron chi connectivity index (χ2n) is 3.20. The van der Waals surface area contributed by atoms with Crippen LogP contribution in [0, 0.1) is 17.2 Å². The van der Waals surface area contributed by atoms with Crippen LogP contribution in [0.4, 0.5) is 0 Å². The van der Waals surface area contributed by atoms with E-state index in [1.54, 1.807) is 6.07 Å². The maximum absolute atomic E-state index is 10.8. The highest BCUT2D eigenvalue weighted by molar-refractivity contribution is 5.77. The Kier molecular flexibility index (Phi) is 4.27. The number of amides is 1. The normalized spacial score (nSPS) is 15.0. The molecule has 0 radical (unpaired) electrons. The number of nitrogens with one attached hydrogen (secondary N) is 1. The molecule has 0 aromatic carbocycles. The van der Waals surface area contributed by atoms with Crippen molar-refractivity contribution in [2.45, 2.75) is 19.3 Å². The van der Waals surface area contributed by atoms with E-state index in [1.165, 1.54) is 12.8 Å². The molecule has 1 N–H and O–H groups in total. The summed E-state index contributed by atoms with van der Waals surface area (Å²) < 4.78 is 5.29. The second-order valence-corrected chi connectivity index (χ2v) is 3.20. The summed E-state index contributed by atoms with van der Waals surface area (Å²) in [6.07, 6.45) is 2.49. The highest BCUT2D eigenvalue weighted by atomic mass is 16.5. The second kappa shape index (κ2) is 5.55. The molecular weight excluding hydrogens is 168 g/mol. The third-order valence-electron chi connectivity index (χ3n) is 1.86. The number of carbonyl (C=O) groups is 1. The van der Waals surface area contributed by atoms with Crippen molar-refractivity contribution in [1.82, 2.24) is 5.32 Å². The van der Waals surface area contributed by atoms with Crippen LogP contribution < -0.4 is 5.32 Å². The minimum Gasteiger partial charge on any atom is -0.379 e. The van der Waals surface area contributed by atoms with Gasteiger partial charge >= 0.3 is 0 Å². The number of hydrogen-bond acceptors (Lipinski definition) is 3. The van der Waals surface area contributed by atoms with E-state index in [1.807, 2.05) is 0 Å². The van der Waals surface area contributed by atoms with Gasteiger partial charge in [-0.3, -0.25) is 4.79 Å². The molecule has 0 unspecified atom stereocenters. The zero-order valence-corrected chi connectivity index (χ0v) is 7.58. The average Bonchev–Trinajstić information content (AvgIpc) is 2.88. The summed E-state index contributed by atoms with van der Waals surface area (Å²) in [5, 5.41) is 10.8. The van der Waals surface area contributed by atoms with Gasteiger partial charge < -0.3 is 10.1 Å². The highest BCUT2D eigenvalue weighted by Gasteiger charge is 2.20. The zero-order chi connectivity index (χ0) is 9.52. The van der Waals surface area contributed by atoms with Crippen molar-refractivity contribution < 1.29 is 9.53 Å². The predicted octanol–water partition coefficient (Wildman–Crippen LogP) is 0.443. The van der Waals surface area contributed by atoms with Crippen LogP contribution >= 0.6 is 0 Å². The topological polar surface area (TPSA) is 62.1 Å². The lowest BCUT2D eigenvalue weighted by Crippen LogP contribution is -2.26. The van der Waals surface area contributed by atoms with Gasteiger partial charge in [0, 0.05) is 13.2 Å². The first-order valence-corrected chi connectivity index (χ1v) is 4.54. The van der Waals surface area contributed by atoms with Crippen molar-refractivity contribution in [3.8, 4) is 6.07 Å². The third kappa shape index (κ3) is 5.21. The summed E-state index contributed by atoms with van der Waals surface area (Å²) in [5.41, 5.74) is 0. The van der Waals surface area contributed by atoms with Gasteiger partial charge in [0.05, 0.1) is 12.7 Å². The Morgan fingerprint density at radius 1 is 1.62 bits per heavy atom. The molecule has 1 saturated carbocycles. The van der Waals surface area contributed by atoms with Gasteiger partial charge in [0.25, 0.3) is 0 Å². The first-order valence-electron chi connectivity index (χ1n) is 4.54. The van der Waals surface area contributed by atoms with Crippen molar-refractivity contribution >= 4 is 5.91 Å². The Balaban J connectivity index is 1.82. The van der Waals surface area contributed by atoms with Crippen LogP contribution in [0.1, 0.15) is 19.3 Å². The van der Waals surface area contributed by atoms with Gasteiger partial charge in [0.1, 0.15) is 6.42 Å². The van der Waals surface area contributed by atoms with Crippen LogP contribution in [0.5, 0.6) is 0 Å². The monoisotopic (exact) mass is 182 g/mol. The molecule has 0 atom stereocenters. The summed E-state index contributed by atoms with van der Waals surface area (Å²) >= 11 is 0. The van der Waals surface area contributed by atoms with Gasteiger partial charge in [-0.05, 0) is 18.8 Å². The molecule has 0 bridgehead atoms. The number of nitriles is 1. The van der Waals surface area contributed by atoms with Crippen LogP contribution in [-0.4, -0.2) is 25.7 Å². The van der Waals surface area contributed by atoms with Crippen molar-refractivity contribution in [2.24, 2.45) is 5.92 Å². The molecule has 1 aliphatic rings. The molecular formula is C9H14N2O2. The lowest BCUT2D eigenvalue weighted by molar-refractivity contribution is -0.120. The van der Waals surface area contributed by atoms with Crippen molar-refractivity contribution in [2.75, 3.05) is 19.8 Å². The maximum atomic E-state index is 10.8. The maximum Gasteiger partial charge on any atom is 0.234 e. The van der Waals surface area contributed by atoms with Crippen LogP contribution in [0.3, 0.4) is 0 Å². The van der Waals surface area contributed by atoms with Gasteiger partial charge in [0.2, 0.25) is 5.91 Å². The Hall–Kier alpha value is -1.08. The predicted molar refractivity (Wildman–Crippen MR) is 46.8 cm³/mol. The first-order chi connectivity index (χ1) is 6.33. The van der Waals surface area contributed by atoms with E-state index < -0.39 is 0 Å². The highest BCUT2D eigenvalue weighted by Crippen LogP contribution is 2.28. The summed E-state index contributed by atoms with van der Waals surface area (Å²) in [6, 6.07) is 1.78. The Labute approximate surface area is 77.9 Å². The van der Waals surface area contributed by atoms with Crippen molar-refractivity contribution in [3.05, 3.63) is 0 Å². The van der Waals surface area contributed by atoms with Crippen molar-refractivity contribution in [3.63, 3.8) is 0 Å². The first kappa shape index (κ1) is 10.0. The lowest BCUT2D eigenvalue weighted by atomic mass is 10.4. The molecule has 0 aromatic heterocycles. The van der Waals surface area contributed by atoms with Gasteiger partial charge in [-0.1, -0.05) is 0 Å². The Morgan fingerprint density at radius 3 is 3.00 bits per heavy atom. The van der Waals surface area contributed by atoms with Gasteiger partial charge in [0.15, 0.2) is 0 Å². The molecule has 13 heavy (non-hydrogen) atoms. The number of rotatable bonds is 6. The fraction of sp³-hybridized carbons (Fsp3) is 0.778. The van der Waals surface area contributed by atoms with E-state index >= 15 is 0 Å². The molecule has 0 saturated heterocycles. The summed E-state index contributed by atoms with van der Waals surface area (Å²) in [6.45, 7) is 1.87. The Morgan fingerprint density at radius 2 is 2.38 bits per heavy atom. The van der Waals surface area contributed by atoms with E-state index in [4.69, 9.17) is 10.00 Å². The summed E-state index contributed by atoms with van der Waals surface area (Å²) in [5.74, 6) is 0.535. The number of hydrogen-bond donors (Lipinski definition) is 1. The molecule has 0 aromatic rings. The van der Waals surface area contributed by atoms with Gasteiger partial charge in [-0.25, -0.2) is 0 Å². The van der Waals surface area contributed by atoms with Crippen molar-refractivity contribution in [1.29, 1.82) is 5.26 Å². The molecule has 1 aliphatic carbocycles. The van der Waals surface area contributed by atoms with E-state index in [9.17, 15) is 4.79 Å². The lowest BCUT2D eigenvalue weighted by Gasteiger charge is -2.03. The molecule has 0 aliphatic heterocycles. The van der Waals surface area contributed by atoms with E-state index in [-0.39, 0.29) is 12.3 Å². The van der Waals surface area contributed by atoms with E-state index in [0.29, 0.717) is 13.2 Å². The molecule has 72 valence electrons. The SMILES string of the molecule is N#CCC(=O)NCCOCC1CC1. The fourth-order valence-electron chi connectivity index (χ4n) is 0.931. The smallest absolute Gasteiger partial charge is 0.234 e. The van der Waals surface area contributed by atoms with E-state index in [0.717, 1.165) is 12.5 Å². The molecule has 1 rings (SSSR count). The van der Waals surface area contributed by atoms with Crippen LogP contribution in [0.15, 0.2) is 0 Å². The molecule has 1 fully saturated rings. The quantitative estimate of drug-likeness (QED) is 0.606.